The number of carbonyl (C=O) groups excluding carboxylic acids is 1. The van der Waals surface area contributed by atoms with E-state index in [2.05, 4.69) is 10.3 Å². The molecule has 0 aliphatic heterocycles. The van der Waals surface area contributed by atoms with Crippen LogP contribution in [-0.4, -0.2) is 28.5 Å². The number of aromatic nitrogens is 1. The van der Waals surface area contributed by atoms with Crippen molar-refractivity contribution in [1.29, 1.82) is 0 Å². The van der Waals surface area contributed by atoms with Crippen molar-refractivity contribution in [2.24, 2.45) is 5.92 Å². The van der Waals surface area contributed by atoms with Crippen molar-refractivity contribution in [3.63, 3.8) is 0 Å². The first-order chi connectivity index (χ1) is 9.59. The van der Waals surface area contributed by atoms with Crippen molar-refractivity contribution in [2.45, 2.75) is 39.5 Å². The molecule has 1 unspecified atom stereocenters. The zero-order chi connectivity index (χ0) is 16.2. The lowest BCUT2D eigenvalue weighted by Gasteiger charge is -2.19. The number of carboxylic acids is 1. The molecule has 0 radical (unpaired) electrons. The summed E-state index contributed by atoms with van der Waals surface area (Å²) in [7, 11) is 0. The third-order valence-corrected chi connectivity index (χ3v) is 3.15. The maximum absolute atomic E-state index is 12.1. The molecule has 0 fully saturated rings. The van der Waals surface area contributed by atoms with Crippen molar-refractivity contribution in [3.05, 3.63) is 28.5 Å². The fraction of sp³-hybridized carbons (Fsp3) is 0.533. The first-order valence-corrected chi connectivity index (χ1v) is 7.15. The number of nitrogens with one attached hydrogen (secondary N) is 1. The van der Waals surface area contributed by atoms with E-state index in [0.717, 1.165) is 5.69 Å². The molecule has 1 aromatic rings. The predicted octanol–water partition coefficient (Wildman–Crippen LogP) is 2.87. The van der Waals surface area contributed by atoms with E-state index in [4.69, 9.17) is 16.7 Å². The molecule has 0 saturated heterocycles. The van der Waals surface area contributed by atoms with Crippen LogP contribution in [0.1, 0.15) is 50.2 Å². The molecule has 0 bridgehead atoms. The SMILES string of the molecule is CC(CNC(=O)c1cc(Cl)nc(C(C)(C)C)c1)CC(=O)O. The van der Waals surface area contributed by atoms with E-state index in [1.54, 1.807) is 13.0 Å². The Labute approximate surface area is 129 Å². The molecule has 1 heterocycles. The molecule has 0 aliphatic rings. The predicted molar refractivity (Wildman–Crippen MR) is 81.7 cm³/mol. The van der Waals surface area contributed by atoms with Crippen LogP contribution in [-0.2, 0) is 10.2 Å². The Hall–Kier alpha value is -1.62. The number of carbonyl (C=O) groups is 2. The van der Waals surface area contributed by atoms with Gasteiger partial charge in [0.2, 0.25) is 0 Å². The van der Waals surface area contributed by atoms with Crippen LogP contribution in [0.25, 0.3) is 0 Å². The van der Waals surface area contributed by atoms with E-state index in [0.29, 0.717) is 12.1 Å². The highest BCUT2D eigenvalue weighted by Gasteiger charge is 2.19. The number of carboxylic acid groups (broad SMARTS) is 1. The van der Waals surface area contributed by atoms with Crippen molar-refractivity contribution in [3.8, 4) is 0 Å². The molecule has 21 heavy (non-hydrogen) atoms. The largest absolute Gasteiger partial charge is 0.481 e. The second-order valence-electron chi connectivity index (χ2n) is 6.23. The van der Waals surface area contributed by atoms with Gasteiger partial charge in [0.1, 0.15) is 5.15 Å². The van der Waals surface area contributed by atoms with Gasteiger partial charge in [-0.1, -0.05) is 39.3 Å². The highest BCUT2D eigenvalue weighted by molar-refractivity contribution is 6.29. The monoisotopic (exact) mass is 312 g/mol. The quantitative estimate of drug-likeness (QED) is 0.819. The second kappa shape index (κ2) is 6.89. The van der Waals surface area contributed by atoms with Crippen LogP contribution in [0.15, 0.2) is 12.1 Å². The zero-order valence-electron chi connectivity index (χ0n) is 12.7. The molecular formula is C15H21ClN2O3. The normalized spacial score (nSPS) is 12.8. The summed E-state index contributed by atoms with van der Waals surface area (Å²) >= 11 is 5.96. The highest BCUT2D eigenvalue weighted by Crippen LogP contribution is 2.23. The second-order valence-corrected chi connectivity index (χ2v) is 6.61. The van der Waals surface area contributed by atoms with E-state index < -0.39 is 5.97 Å². The minimum atomic E-state index is -0.876. The summed E-state index contributed by atoms with van der Waals surface area (Å²) in [6.45, 7) is 8.04. The standard InChI is InChI=1S/C15H21ClN2O3/c1-9(5-13(19)20)8-17-14(21)10-6-11(15(2,3)4)18-12(16)7-10/h6-7,9H,5,8H2,1-4H3,(H,17,21)(H,19,20). The van der Waals surface area contributed by atoms with E-state index >= 15 is 0 Å². The Morgan fingerprint density at radius 2 is 2.00 bits per heavy atom. The van der Waals surface area contributed by atoms with Gasteiger partial charge in [-0.2, -0.15) is 0 Å². The molecule has 116 valence electrons. The Morgan fingerprint density at radius 3 is 2.52 bits per heavy atom. The van der Waals surface area contributed by atoms with E-state index in [9.17, 15) is 9.59 Å². The van der Waals surface area contributed by atoms with E-state index in [1.807, 2.05) is 20.8 Å². The summed E-state index contributed by atoms with van der Waals surface area (Å²) in [5.41, 5.74) is 0.956. The van der Waals surface area contributed by atoms with Gasteiger partial charge in [0.15, 0.2) is 0 Å². The summed E-state index contributed by atoms with van der Waals surface area (Å²) in [5.74, 6) is -1.29. The highest BCUT2D eigenvalue weighted by atomic mass is 35.5. The van der Waals surface area contributed by atoms with Crippen LogP contribution < -0.4 is 5.32 Å². The van der Waals surface area contributed by atoms with Gasteiger partial charge in [-0.15, -0.1) is 0 Å². The number of aliphatic carboxylic acids is 1. The maximum atomic E-state index is 12.1. The number of hydrogen-bond donors (Lipinski definition) is 2. The van der Waals surface area contributed by atoms with Crippen molar-refractivity contribution >= 4 is 23.5 Å². The smallest absolute Gasteiger partial charge is 0.303 e. The molecule has 1 rings (SSSR count). The molecule has 6 heteroatoms. The Morgan fingerprint density at radius 1 is 1.38 bits per heavy atom. The minimum absolute atomic E-state index is 0.0185. The van der Waals surface area contributed by atoms with E-state index in [-0.39, 0.29) is 28.8 Å². The molecule has 5 nitrogen and oxygen atoms in total. The van der Waals surface area contributed by atoms with E-state index in [1.165, 1.54) is 6.07 Å². The van der Waals surface area contributed by atoms with Gasteiger partial charge >= 0.3 is 5.97 Å². The first-order valence-electron chi connectivity index (χ1n) is 6.77. The van der Waals surface area contributed by atoms with Crippen molar-refractivity contribution in [2.75, 3.05) is 6.54 Å². The van der Waals surface area contributed by atoms with Crippen LogP contribution in [0.2, 0.25) is 5.15 Å². The maximum Gasteiger partial charge on any atom is 0.303 e. The fourth-order valence-electron chi connectivity index (χ4n) is 1.75. The van der Waals surface area contributed by atoms with Crippen LogP contribution in [0.4, 0.5) is 0 Å². The molecule has 1 aromatic heterocycles. The number of hydrogen-bond acceptors (Lipinski definition) is 3. The molecule has 1 atom stereocenters. The summed E-state index contributed by atoms with van der Waals surface area (Å²) < 4.78 is 0. The third-order valence-electron chi connectivity index (χ3n) is 2.96. The van der Waals surface area contributed by atoms with Crippen LogP contribution in [0.3, 0.4) is 0 Å². The van der Waals surface area contributed by atoms with Crippen LogP contribution in [0, 0.1) is 5.92 Å². The third kappa shape index (κ3) is 5.71. The molecule has 0 spiro atoms. The summed E-state index contributed by atoms with van der Waals surface area (Å²) in [6, 6.07) is 3.22. The zero-order valence-corrected chi connectivity index (χ0v) is 13.5. The first kappa shape index (κ1) is 17.4. The lowest BCUT2D eigenvalue weighted by molar-refractivity contribution is -0.137. The van der Waals surface area contributed by atoms with Gasteiger partial charge in [0, 0.05) is 29.6 Å². The van der Waals surface area contributed by atoms with Gasteiger partial charge in [0.25, 0.3) is 5.91 Å². The van der Waals surface area contributed by atoms with Crippen molar-refractivity contribution < 1.29 is 14.7 Å². The van der Waals surface area contributed by atoms with Gasteiger partial charge in [0.05, 0.1) is 0 Å². The number of rotatable bonds is 5. The molecule has 2 N–H and O–H groups in total. The lowest BCUT2D eigenvalue weighted by atomic mass is 9.91. The number of halogens is 1. The number of pyridine rings is 1. The van der Waals surface area contributed by atoms with Gasteiger partial charge in [-0.05, 0) is 18.1 Å². The Bertz CT molecular complexity index is 538. The molecular weight excluding hydrogens is 292 g/mol. The average Bonchev–Trinajstić information content (AvgIpc) is 2.33. The van der Waals surface area contributed by atoms with Gasteiger partial charge in [-0.25, -0.2) is 4.98 Å². The number of amides is 1. The lowest BCUT2D eigenvalue weighted by Crippen LogP contribution is -2.29. The summed E-state index contributed by atoms with van der Waals surface area (Å²) in [4.78, 5) is 26.9. The Balaban J connectivity index is 2.79. The number of nitrogens with zero attached hydrogens (tertiary/aromatic N) is 1. The van der Waals surface area contributed by atoms with Crippen LogP contribution >= 0.6 is 11.6 Å². The summed E-state index contributed by atoms with van der Waals surface area (Å²) in [5, 5.41) is 11.7. The molecule has 0 aliphatic carbocycles. The molecule has 0 saturated carbocycles. The molecule has 1 amide bonds. The fourth-order valence-corrected chi connectivity index (χ4v) is 1.96. The van der Waals surface area contributed by atoms with Gasteiger partial charge < -0.3 is 10.4 Å². The van der Waals surface area contributed by atoms with Gasteiger partial charge in [-0.3, -0.25) is 9.59 Å². The summed E-state index contributed by atoms with van der Waals surface area (Å²) in [6.07, 6.45) is 0.0185. The average molecular weight is 313 g/mol. The minimum Gasteiger partial charge on any atom is -0.481 e. The Kier molecular flexibility index (Phi) is 5.72. The molecule has 0 aromatic carbocycles. The van der Waals surface area contributed by atoms with Crippen molar-refractivity contribution in [1.82, 2.24) is 10.3 Å². The topological polar surface area (TPSA) is 79.3 Å². The van der Waals surface area contributed by atoms with Crippen LogP contribution in [0.5, 0.6) is 0 Å².